The molecule has 0 bridgehead atoms. The average molecular weight is 448 g/mol. The lowest BCUT2D eigenvalue weighted by Gasteiger charge is -2.33. The third kappa shape index (κ3) is 6.82. The van der Waals surface area contributed by atoms with E-state index in [2.05, 4.69) is 87.1 Å². The number of hydrogen-bond donors (Lipinski definition) is 1. The van der Waals surface area contributed by atoms with Crippen LogP contribution in [0.25, 0.3) is 0 Å². The second kappa shape index (κ2) is 9.32. The van der Waals surface area contributed by atoms with Crippen LogP contribution in [-0.4, -0.2) is 12.6 Å². The van der Waals surface area contributed by atoms with Gasteiger partial charge in [0.1, 0.15) is 6.61 Å². The first-order valence-electron chi connectivity index (χ1n) is 9.79. The zero-order chi connectivity index (χ0) is 20.9. The van der Waals surface area contributed by atoms with E-state index in [9.17, 15) is 0 Å². The largest absolute Gasteiger partial charge is 0.493 e. The summed E-state index contributed by atoms with van der Waals surface area (Å²) in [6.07, 6.45) is 1.09. The molecule has 0 aliphatic carbocycles. The molecule has 0 fully saturated rings. The predicted octanol–water partition coefficient (Wildman–Crippen LogP) is 6.65. The van der Waals surface area contributed by atoms with Gasteiger partial charge in [-0.1, -0.05) is 45.0 Å². The van der Waals surface area contributed by atoms with Gasteiger partial charge in [0, 0.05) is 12.1 Å². The zero-order valence-electron chi connectivity index (χ0n) is 18.3. The van der Waals surface area contributed by atoms with Crippen molar-refractivity contribution in [1.29, 1.82) is 0 Å². The van der Waals surface area contributed by atoms with Gasteiger partial charge < -0.3 is 14.8 Å². The number of halogens is 1. The molecule has 2 aromatic carbocycles. The quantitative estimate of drug-likeness (QED) is 0.491. The van der Waals surface area contributed by atoms with E-state index in [1.807, 2.05) is 12.1 Å². The molecule has 154 valence electrons. The van der Waals surface area contributed by atoms with Crippen molar-refractivity contribution < 1.29 is 9.47 Å². The van der Waals surface area contributed by atoms with Crippen LogP contribution >= 0.6 is 15.9 Å². The Labute approximate surface area is 179 Å². The summed E-state index contributed by atoms with van der Waals surface area (Å²) in [6, 6.07) is 12.4. The van der Waals surface area contributed by atoms with Gasteiger partial charge in [0.2, 0.25) is 0 Å². The summed E-state index contributed by atoms with van der Waals surface area (Å²) in [6.45, 7) is 14.7. The molecule has 0 saturated heterocycles. The van der Waals surface area contributed by atoms with Crippen molar-refractivity contribution >= 4 is 15.9 Å². The Morgan fingerprint density at radius 1 is 1.04 bits per heavy atom. The SMILES string of the molecule is COc1cc(CNC(C)(C)CC(C)(C)C)cc(Br)c1OCc1ccccc1C. The summed E-state index contributed by atoms with van der Waals surface area (Å²) in [4.78, 5) is 0. The van der Waals surface area contributed by atoms with Crippen LogP contribution in [0.4, 0.5) is 0 Å². The molecular formula is C24H34BrNO2. The molecule has 0 atom stereocenters. The van der Waals surface area contributed by atoms with Gasteiger partial charge in [-0.25, -0.2) is 0 Å². The molecule has 28 heavy (non-hydrogen) atoms. The van der Waals surface area contributed by atoms with Crippen molar-refractivity contribution in [3.8, 4) is 11.5 Å². The van der Waals surface area contributed by atoms with Crippen molar-refractivity contribution in [2.45, 2.75) is 66.7 Å². The summed E-state index contributed by atoms with van der Waals surface area (Å²) in [5, 5.41) is 3.68. The van der Waals surface area contributed by atoms with E-state index in [0.29, 0.717) is 6.61 Å². The monoisotopic (exact) mass is 447 g/mol. The van der Waals surface area contributed by atoms with Crippen LogP contribution in [0, 0.1) is 12.3 Å². The number of rotatable bonds is 8. The predicted molar refractivity (Wildman–Crippen MR) is 121 cm³/mol. The molecule has 0 spiro atoms. The number of hydrogen-bond acceptors (Lipinski definition) is 3. The van der Waals surface area contributed by atoms with E-state index in [-0.39, 0.29) is 11.0 Å². The smallest absolute Gasteiger partial charge is 0.175 e. The minimum Gasteiger partial charge on any atom is -0.493 e. The molecule has 0 aliphatic heterocycles. The highest BCUT2D eigenvalue weighted by Gasteiger charge is 2.25. The van der Waals surface area contributed by atoms with Crippen LogP contribution in [0.1, 0.15) is 57.7 Å². The molecule has 3 nitrogen and oxygen atoms in total. The minimum absolute atomic E-state index is 0.0535. The Morgan fingerprint density at radius 3 is 2.32 bits per heavy atom. The van der Waals surface area contributed by atoms with Crippen molar-refractivity contribution in [3.63, 3.8) is 0 Å². The number of ether oxygens (including phenoxy) is 2. The molecule has 0 aliphatic rings. The minimum atomic E-state index is 0.0535. The molecule has 4 heteroatoms. The van der Waals surface area contributed by atoms with Gasteiger partial charge in [-0.05, 0) is 77.4 Å². The molecule has 1 N–H and O–H groups in total. The van der Waals surface area contributed by atoms with Crippen molar-refractivity contribution in [3.05, 3.63) is 57.6 Å². The van der Waals surface area contributed by atoms with Crippen molar-refractivity contribution in [1.82, 2.24) is 5.32 Å². The van der Waals surface area contributed by atoms with Gasteiger partial charge in [0.15, 0.2) is 11.5 Å². The highest BCUT2D eigenvalue weighted by molar-refractivity contribution is 9.10. The van der Waals surface area contributed by atoms with Crippen LogP contribution in [0.5, 0.6) is 11.5 Å². The molecule has 0 unspecified atom stereocenters. The third-order valence-electron chi connectivity index (χ3n) is 4.67. The van der Waals surface area contributed by atoms with Crippen LogP contribution in [0.3, 0.4) is 0 Å². The number of nitrogens with one attached hydrogen (secondary N) is 1. The van der Waals surface area contributed by atoms with E-state index in [4.69, 9.17) is 9.47 Å². The van der Waals surface area contributed by atoms with Crippen LogP contribution in [0.2, 0.25) is 0 Å². The van der Waals surface area contributed by atoms with Crippen molar-refractivity contribution in [2.75, 3.05) is 7.11 Å². The lowest BCUT2D eigenvalue weighted by atomic mass is 9.82. The summed E-state index contributed by atoms with van der Waals surface area (Å²) in [5.74, 6) is 1.48. The van der Waals surface area contributed by atoms with Gasteiger partial charge in [0.25, 0.3) is 0 Å². The summed E-state index contributed by atoms with van der Waals surface area (Å²) in [7, 11) is 1.68. The molecule has 2 rings (SSSR count). The van der Waals surface area contributed by atoms with E-state index in [1.54, 1.807) is 7.11 Å². The van der Waals surface area contributed by atoms with E-state index >= 15 is 0 Å². The zero-order valence-corrected chi connectivity index (χ0v) is 19.9. The standard InChI is InChI=1S/C24H34BrNO2/c1-17-10-8-9-11-19(17)15-28-22-20(25)12-18(13-21(22)27-7)14-26-24(5,6)16-23(2,3)4/h8-13,26H,14-16H2,1-7H3. The third-order valence-corrected chi connectivity index (χ3v) is 5.25. The molecule has 0 saturated carbocycles. The Balaban J connectivity index is 2.11. The maximum Gasteiger partial charge on any atom is 0.175 e. The van der Waals surface area contributed by atoms with Crippen LogP contribution in [-0.2, 0) is 13.2 Å². The maximum atomic E-state index is 6.10. The lowest BCUT2D eigenvalue weighted by Crippen LogP contribution is -2.41. The summed E-state index contributed by atoms with van der Waals surface area (Å²) in [5.41, 5.74) is 3.89. The molecule has 0 amide bonds. The van der Waals surface area contributed by atoms with Crippen molar-refractivity contribution in [2.24, 2.45) is 5.41 Å². The van der Waals surface area contributed by atoms with Gasteiger partial charge in [-0.15, -0.1) is 0 Å². The highest BCUT2D eigenvalue weighted by Crippen LogP contribution is 2.37. The van der Waals surface area contributed by atoms with E-state index < -0.39 is 0 Å². The fourth-order valence-electron chi connectivity index (χ4n) is 3.67. The second-order valence-electron chi connectivity index (χ2n) is 9.30. The van der Waals surface area contributed by atoms with Gasteiger partial charge in [-0.2, -0.15) is 0 Å². The average Bonchev–Trinajstić information content (AvgIpc) is 2.58. The first-order valence-corrected chi connectivity index (χ1v) is 10.6. The number of benzene rings is 2. The second-order valence-corrected chi connectivity index (χ2v) is 10.2. The van der Waals surface area contributed by atoms with Gasteiger partial charge in [-0.3, -0.25) is 0 Å². The summed E-state index contributed by atoms with van der Waals surface area (Å²) < 4.78 is 12.6. The van der Waals surface area contributed by atoms with Crippen LogP contribution < -0.4 is 14.8 Å². The van der Waals surface area contributed by atoms with E-state index in [0.717, 1.165) is 34.5 Å². The van der Waals surface area contributed by atoms with E-state index in [1.165, 1.54) is 11.1 Å². The topological polar surface area (TPSA) is 30.5 Å². The molecule has 2 aromatic rings. The first-order chi connectivity index (χ1) is 13.0. The van der Waals surface area contributed by atoms with Gasteiger partial charge in [0.05, 0.1) is 11.6 Å². The molecule has 0 aromatic heterocycles. The first kappa shape index (κ1) is 22.8. The Morgan fingerprint density at radius 2 is 1.71 bits per heavy atom. The molecule has 0 heterocycles. The fourth-order valence-corrected chi connectivity index (χ4v) is 4.27. The molecular weight excluding hydrogens is 414 g/mol. The number of aryl methyl sites for hydroxylation is 1. The Bertz CT molecular complexity index is 794. The van der Waals surface area contributed by atoms with Crippen LogP contribution in [0.15, 0.2) is 40.9 Å². The molecule has 0 radical (unpaired) electrons. The Hall–Kier alpha value is -1.52. The lowest BCUT2D eigenvalue weighted by molar-refractivity contribution is 0.240. The Kier molecular flexibility index (Phi) is 7.58. The maximum absolute atomic E-state index is 6.10. The normalized spacial score (nSPS) is 12.1. The highest BCUT2D eigenvalue weighted by atomic mass is 79.9. The van der Waals surface area contributed by atoms with Gasteiger partial charge >= 0.3 is 0 Å². The number of methoxy groups -OCH3 is 1. The summed E-state index contributed by atoms with van der Waals surface area (Å²) >= 11 is 3.67. The fraction of sp³-hybridized carbons (Fsp3) is 0.500.